The number of hydrogen-bond donors (Lipinski definition) is 7. The predicted octanol–water partition coefficient (Wildman–Crippen LogP) is -2.94. The minimum absolute atomic E-state index is 0.176. The van der Waals surface area contributed by atoms with E-state index in [0.717, 1.165) is 0 Å². The Kier molecular flexibility index (Phi) is 10.7. The summed E-state index contributed by atoms with van der Waals surface area (Å²) in [5.74, 6) is -0.935. The molecule has 0 saturated carbocycles. The highest BCUT2D eigenvalue weighted by atomic mass is 16.4. The minimum atomic E-state index is -1.67. The summed E-state index contributed by atoms with van der Waals surface area (Å²) in [5, 5.41) is 60.1. The van der Waals surface area contributed by atoms with Crippen LogP contribution in [-0.4, -0.2) is 79.3 Å². The number of aliphatic hydroxyl groups excluding tert-OH is 6. The van der Waals surface area contributed by atoms with Crippen LogP contribution in [0.2, 0.25) is 0 Å². The molecule has 0 radical (unpaired) electrons. The molecule has 7 N–H and O–H groups in total. The second-order valence-corrected chi connectivity index (χ2v) is 3.57. The quantitative estimate of drug-likeness (QED) is 0.252. The smallest absolute Gasteiger partial charge is 0.330 e. The van der Waals surface area contributed by atoms with Crippen molar-refractivity contribution in [3.8, 4) is 0 Å². The van der Waals surface area contributed by atoms with Crippen LogP contribution in [0.4, 0.5) is 0 Å². The van der Waals surface area contributed by atoms with Crippen molar-refractivity contribution in [2.24, 2.45) is 0 Å². The first-order chi connectivity index (χ1) is 8.18. The van der Waals surface area contributed by atoms with Crippen LogP contribution >= 0.6 is 0 Å². The van der Waals surface area contributed by atoms with Gasteiger partial charge in [-0.15, -0.1) is 0 Å². The van der Waals surface area contributed by atoms with E-state index in [1.807, 2.05) is 0 Å². The third-order valence-corrected chi connectivity index (χ3v) is 1.88. The molecule has 18 heavy (non-hydrogen) atoms. The van der Waals surface area contributed by atoms with Crippen LogP contribution in [0.1, 0.15) is 6.92 Å². The first-order valence-electron chi connectivity index (χ1n) is 5.01. The topological polar surface area (TPSA) is 159 Å². The lowest BCUT2D eigenvalue weighted by molar-refractivity contribution is -0.132. The fraction of sp³-hybridized carbons (Fsp3) is 0.700. The Morgan fingerprint density at radius 3 is 1.33 bits per heavy atom. The van der Waals surface area contributed by atoms with Gasteiger partial charge in [-0.05, 0) is 6.92 Å². The van der Waals surface area contributed by atoms with Crippen molar-refractivity contribution in [2.75, 3.05) is 13.2 Å². The standard InChI is InChI=1S/C6H14O6.C4H6O2/c7-1-3(9)5(11)6(12)4(10)2-8;1-3(2)4(5)6/h3-12H,1-2H2;1H2,2H3,(H,5,6)/t3-,4+,5-,6-;/m1./s1. The minimum Gasteiger partial charge on any atom is -0.478 e. The second kappa shape index (κ2) is 9.95. The Morgan fingerprint density at radius 2 is 1.22 bits per heavy atom. The van der Waals surface area contributed by atoms with E-state index >= 15 is 0 Å². The molecule has 0 aliphatic heterocycles. The molecule has 0 unspecified atom stereocenters. The Morgan fingerprint density at radius 1 is 1.00 bits per heavy atom. The number of hydrogen-bond acceptors (Lipinski definition) is 7. The van der Waals surface area contributed by atoms with Crippen molar-refractivity contribution in [3.05, 3.63) is 12.2 Å². The molecule has 0 aromatic heterocycles. The summed E-state index contributed by atoms with van der Waals surface area (Å²) in [6, 6.07) is 0. The molecular formula is C10H20O8. The van der Waals surface area contributed by atoms with Crippen molar-refractivity contribution in [3.63, 3.8) is 0 Å². The third kappa shape index (κ3) is 8.12. The van der Waals surface area contributed by atoms with Crippen LogP contribution in [0, 0.1) is 0 Å². The molecule has 0 rings (SSSR count). The van der Waals surface area contributed by atoms with Gasteiger partial charge in [0.25, 0.3) is 0 Å². The summed E-state index contributed by atoms with van der Waals surface area (Å²) < 4.78 is 0. The van der Waals surface area contributed by atoms with Crippen molar-refractivity contribution >= 4 is 5.97 Å². The lowest BCUT2D eigenvalue weighted by Crippen LogP contribution is -2.46. The van der Waals surface area contributed by atoms with E-state index in [4.69, 9.17) is 35.7 Å². The molecule has 0 heterocycles. The number of carboxylic acid groups (broad SMARTS) is 1. The lowest BCUT2D eigenvalue weighted by Gasteiger charge is -2.24. The average Bonchev–Trinajstić information content (AvgIpc) is 2.35. The first-order valence-corrected chi connectivity index (χ1v) is 5.01. The number of rotatable bonds is 6. The molecule has 0 amide bonds. The highest BCUT2D eigenvalue weighted by Crippen LogP contribution is 2.03. The van der Waals surface area contributed by atoms with Crippen LogP contribution in [-0.2, 0) is 4.79 Å². The summed E-state index contributed by atoms with van der Waals surface area (Å²) in [6.07, 6.45) is -6.39. The van der Waals surface area contributed by atoms with Crippen LogP contribution in [0.5, 0.6) is 0 Å². The summed E-state index contributed by atoms with van der Waals surface area (Å²) in [7, 11) is 0. The molecule has 0 saturated heterocycles. The molecule has 0 aliphatic rings. The molecule has 0 aliphatic carbocycles. The molecule has 108 valence electrons. The fourth-order valence-corrected chi connectivity index (χ4v) is 0.671. The number of carbonyl (C=O) groups is 1. The van der Waals surface area contributed by atoms with Gasteiger partial charge in [0.15, 0.2) is 0 Å². The van der Waals surface area contributed by atoms with Crippen LogP contribution in [0.25, 0.3) is 0 Å². The van der Waals surface area contributed by atoms with Gasteiger partial charge >= 0.3 is 5.97 Å². The average molecular weight is 268 g/mol. The monoisotopic (exact) mass is 268 g/mol. The SMILES string of the molecule is C=C(C)C(=O)O.OC[C@@H](O)[C@@H](O)[C@H](O)[C@@H](O)CO. The van der Waals surface area contributed by atoms with Crippen LogP contribution in [0.3, 0.4) is 0 Å². The normalized spacial score (nSPS) is 16.8. The van der Waals surface area contributed by atoms with Gasteiger partial charge in [-0.1, -0.05) is 6.58 Å². The molecular weight excluding hydrogens is 248 g/mol. The second-order valence-electron chi connectivity index (χ2n) is 3.57. The highest BCUT2D eigenvalue weighted by molar-refractivity contribution is 5.84. The molecule has 4 atom stereocenters. The van der Waals surface area contributed by atoms with Crippen molar-refractivity contribution in [1.82, 2.24) is 0 Å². The van der Waals surface area contributed by atoms with E-state index in [9.17, 15) is 4.79 Å². The number of aliphatic hydroxyl groups is 6. The van der Waals surface area contributed by atoms with Gasteiger partial charge in [-0.3, -0.25) is 0 Å². The summed E-state index contributed by atoms with van der Waals surface area (Å²) in [5.41, 5.74) is 0.176. The summed E-state index contributed by atoms with van der Waals surface area (Å²) in [4.78, 5) is 9.60. The van der Waals surface area contributed by atoms with E-state index in [2.05, 4.69) is 6.58 Å². The van der Waals surface area contributed by atoms with Gasteiger partial charge in [0, 0.05) is 5.57 Å². The van der Waals surface area contributed by atoms with Gasteiger partial charge in [0.2, 0.25) is 0 Å². The lowest BCUT2D eigenvalue weighted by atomic mass is 10.0. The van der Waals surface area contributed by atoms with E-state index in [1.54, 1.807) is 0 Å². The zero-order valence-electron chi connectivity index (χ0n) is 9.97. The van der Waals surface area contributed by atoms with Gasteiger partial charge in [-0.25, -0.2) is 4.79 Å². The third-order valence-electron chi connectivity index (χ3n) is 1.88. The Bertz CT molecular complexity index is 228. The first kappa shape index (κ1) is 19.3. The summed E-state index contributed by atoms with van der Waals surface area (Å²) >= 11 is 0. The van der Waals surface area contributed by atoms with E-state index in [0.29, 0.717) is 0 Å². The Labute approximate surface area is 104 Å². The summed E-state index contributed by atoms with van der Waals surface area (Å²) in [6.45, 7) is 3.15. The molecule has 0 aromatic carbocycles. The van der Waals surface area contributed by atoms with E-state index in [-0.39, 0.29) is 5.57 Å². The van der Waals surface area contributed by atoms with Crippen LogP contribution < -0.4 is 0 Å². The van der Waals surface area contributed by atoms with Gasteiger partial charge in [0.05, 0.1) is 13.2 Å². The molecule has 0 spiro atoms. The molecule has 0 aromatic rings. The number of carboxylic acids is 1. The van der Waals surface area contributed by atoms with Gasteiger partial charge in [0.1, 0.15) is 24.4 Å². The maximum Gasteiger partial charge on any atom is 0.330 e. The van der Waals surface area contributed by atoms with Crippen LogP contribution in [0.15, 0.2) is 12.2 Å². The Balaban J connectivity index is 0. The molecule has 8 nitrogen and oxygen atoms in total. The predicted molar refractivity (Wildman–Crippen MR) is 60.6 cm³/mol. The molecule has 8 heteroatoms. The highest BCUT2D eigenvalue weighted by Gasteiger charge is 2.29. The maximum atomic E-state index is 9.60. The Hall–Kier alpha value is -1.03. The fourth-order valence-electron chi connectivity index (χ4n) is 0.671. The van der Waals surface area contributed by atoms with Gasteiger partial charge in [-0.2, -0.15) is 0 Å². The zero-order chi connectivity index (χ0) is 14.9. The largest absolute Gasteiger partial charge is 0.478 e. The van der Waals surface area contributed by atoms with E-state index < -0.39 is 43.6 Å². The molecule has 0 bridgehead atoms. The van der Waals surface area contributed by atoms with Gasteiger partial charge < -0.3 is 35.7 Å². The van der Waals surface area contributed by atoms with Crippen molar-refractivity contribution < 1.29 is 40.5 Å². The zero-order valence-corrected chi connectivity index (χ0v) is 9.97. The van der Waals surface area contributed by atoms with Crippen molar-refractivity contribution in [2.45, 2.75) is 31.3 Å². The number of aliphatic carboxylic acids is 1. The molecule has 0 fully saturated rings. The van der Waals surface area contributed by atoms with Crippen molar-refractivity contribution in [1.29, 1.82) is 0 Å². The van der Waals surface area contributed by atoms with E-state index in [1.165, 1.54) is 6.92 Å². The maximum absolute atomic E-state index is 9.60.